The van der Waals surface area contributed by atoms with E-state index in [0.717, 1.165) is 31.5 Å². The zero-order valence-electron chi connectivity index (χ0n) is 12.6. The summed E-state index contributed by atoms with van der Waals surface area (Å²) in [5.41, 5.74) is 2.23. The number of likely N-dealkylation sites (tertiary alicyclic amines) is 1. The molecule has 2 fully saturated rings. The molecule has 112 valence electrons. The Labute approximate surface area is 127 Å². The molecular formula is C18H24N2O. The lowest BCUT2D eigenvalue weighted by molar-refractivity contribution is 0.0715. The molecule has 3 rings (SSSR count). The number of hydrogen-bond acceptors (Lipinski definition) is 2. The fourth-order valence-corrected chi connectivity index (χ4v) is 3.31. The predicted octanol–water partition coefficient (Wildman–Crippen LogP) is 3.70. The summed E-state index contributed by atoms with van der Waals surface area (Å²) < 4.78 is 0. The second-order valence-electron chi connectivity index (χ2n) is 6.15. The molecule has 21 heavy (non-hydrogen) atoms. The minimum Gasteiger partial charge on any atom is -0.338 e. The van der Waals surface area contributed by atoms with Crippen molar-refractivity contribution in [3.05, 3.63) is 35.9 Å². The molecule has 1 heterocycles. The van der Waals surface area contributed by atoms with Crippen molar-refractivity contribution in [1.82, 2.24) is 4.90 Å². The molecule has 1 aliphatic heterocycles. The van der Waals surface area contributed by atoms with Gasteiger partial charge in [-0.2, -0.15) is 0 Å². The summed E-state index contributed by atoms with van der Waals surface area (Å²) in [5, 5.41) is 0. The number of carbonyl (C=O) groups excluding carboxylic acids is 1. The first-order chi connectivity index (χ1) is 10.3. The summed E-state index contributed by atoms with van der Waals surface area (Å²) in [7, 11) is 0. The largest absolute Gasteiger partial charge is 0.338 e. The molecule has 0 unspecified atom stereocenters. The van der Waals surface area contributed by atoms with Crippen LogP contribution in [-0.2, 0) is 0 Å². The van der Waals surface area contributed by atoms with Gasteiger partial charge in [0, 0.05) is 24.4 Å². The Morgan fingerprint density at radius 3 is 2.33 bits per heavy atom. The standard InChI is InChI=1S/C18H24N2O/c21-18(15-7-3-1-4-8-15)20-13-11-17(12-14-20)19-16-9-5-2-6-10-16/h1,3-4,7-8,17H,2,5-6,9-14H2. The van der Waals surface area contributed by atoms with Crippen LogP contribution in [0.1, 0.15) is 55.3 Å². The van der Waals surface area contributed by atoms with Crippen molar-refractivity contribution in [2.45, 2.75) is 51.0 Å². The lowest BCUT2D eigenvalue weighted by Gasteiger charge is -2.31. The molecule has 1 aliphatic carbocycles. The minimum atomic E-state index is 0.166. The molecule has 1 aromatic carbocycles. The van der Waals surface area contributed by atoms with Gasteiger partial charge < -0.3 is 4.90 Å². The van der Waals surface area contributed by atoms with E-state index in [0.29, 0.717) is 6.04 Å². The third-order valence-corrected chi connectivity index (χ3v) is 4.57. The van der Waals surface area contributed by atoms with Gasteiger partial charge in [-0.05, 0) is 50.7 Å². The SMILES string of the molecule is O=C(c1ccccc1)N1CCC(N=C2CCCCC2)CC1. The predicted molar refractivity (Wildman–Crippen MR) is 85.9 cm³/mol. The highest BCUT2D eigenvalue weighted by atomic mass is 16.2. The van der Waals surface area contributed by atoms with E-state index in [2.05, 4.69) is 0 Å². The van der Waals surface area contributed by atoms with Gasteiger partial charge in [-0.15, -0.1) is 0 Å². The molecule has 0 atom stereocenters. The molecule has 2 aliphatic rings. The molecule has 0 radical (unpaired) electrons. The van der Waals surface area contributed by atoms with E-state index >= 15 is 0 Å². The first-order valence-corrected chi connectivity index (χ1v) is 8.23. The Morgan fingerprint density at radius 2 is 1.67 bits per heavy atom. The van der Waals surface area contributed by atoms with Gasteiger partial charge in [-0.3, -0.25) is 9.79 Å². The van der Waals surface area contributed by atoms with Crippen molar-refractivity contribution >= 4 is 11.6 Å². The molecule has 1 aromatic rings. The Kier molecular flexibility index (Phi) is 4.69. The monoisotopic (exact) mass is 284 g/mol. The number of aliphatic imine (C=N–C) groups is 1. The minimum absolute atomic E-state index is 0.166. The third-order valence-electron chi connectivity index (χ3n) is 4.57. The summed E-state index contributed by atoms with van der Waals surface area (Å²) in [6.45, 7) is 1.68. The normalized spacial score (nSPS) is 20.4. The maximum absolute atomic E-state index is 12.4. The Balaban J connectivity index is 1.54. The zero-order valence-corrected chi connectivity index (χ0v) is 12.6. The molecule has 0 spiro atoms. The number of piperidine rings is 1. The molecule has 1 amide bonds. The average Bonchev–Trinajstić information content (AvgIpc) is 2.57. The number of carbonyl (C=O) groups is 1. The Bertz CT molecular complexity index is 493. The Hall–Kier alpha value is -1.64. The van der Waals surface area contributed by atoms with Crippen LogP contribution in [0.4, 0.5) is 0 Å². The highest BCUT2D eigenvalue weighted by Crippen LogP contribution is 2.20. The number of rotatable bonds is 2. The summed E-state index contributed by atoms with van der Waals surface area (Å²) in [4.78, 5) is 19.3. The van der Waals surface area contributed by atoms with Gasteiger partial charge >= 0.3 is 0 Å². The Morgan fingerprint density at radius 1 is 1.00 bits per heavy atom. The van der Waals surface area contributed by atoms with Crippen molar-refractivity contribution in [3.63, 3.8) is 0 Å². The van der Waals surface area contributed by atoms with Crippen LogP contribution in [0.15, 0.2) is 35.3 Å². The maximum atomic E-state index is 12.4. The van der Waals surface area contributed by atoms with Gasteiger partial charge in [0.25, 0.3) is 5.91 Å². The molecular weight excluding hydrogens is 260 g/mol. The van der Waals surface area contributed by atoms with Crippen LogP contribution in [0.3, 0.4) is 0 Å². The lowest BCUT2D eigenvalue weighted by atomic mass is 9.97. The summed E-state index contributed by atoms with van der Waals surface area (Å²) in [6, 6.07) is 10.0. The first kappa shape index (κ1) is 14.3. The molecule has 3 nitrogen and oxygen atoms in total. The van der Waals surface area contributed by atoms with Gasteiger partial charge in [0.05, 0.1) is 6.04 Å². The van der Waals surface area contributed by atoms with Crippen molar-refractivity contribution in [3.8, 4) is 0 Å². The van der Waals surface area contributed by atoms with Crippen LogP contribution < -0.4 is 0 Å². The van der Waals surface area contributed by atoms with Gasteiger partial charge in [0.15, 0.2) is 0 Å². The maximum Gasteiger partial charge on any atom is 0.253 e. The van der Waals surface area contributed by atoms with Gasteiger partial charge in [0.1, 0.15) is 0 Å². The summed E-state index contributed by atoms with van der Waals surface area (Å²) in [6.07, 6.45) is 8.41. The fraction of sp³-hybridized carbons (Fsp3) is 0.556. The summed E-state index contributed by atoms with van der Waals surface area (Å²) >= 11 is 0. The topological polar surface area (TPSA) is 32.7 Å². The third kappa shape index (κ3) is 3.72. The van der Waals surface area contributed by atoms with E-state index in [-0.39, 0.29) is 5.91 Å². The van der Waals surface area contributed by atoms with Crippen LogP contribution in [0.2, 0.25) is 0 Å². The van der Waals surface area contributed by atoms with Gasteiger partial charge in [0.2, 0.25) is 0 Å². The van der Waals surface area contributed by atoms with E-state index in [1.165, 1.54) is 37.8 Å². The van der Waals surface area contributed by atoms with Crippen molar-refractivity contribution in [2.24, 2.45) is 4.99 Å². The van der Waals surface area contributed by atoms with Crippen LogP contribution in [-0.4, -0.2) is 35.7 Å². The van der Waals surface area contributed by atoms with Crippen molar-refractivity contribution < 1.29 is 4.79 Å². The molecule has 0 bridgehead atoms. The molecule has 1 saturated carbocycles. The van der Waals surface area contributed by atoms with Crippen LogP contribution in [0.25, 0.3) is 0 Å². The quantitative estimate of drug-likeness (QED) is 0.815. The van der Waals surface area contributed by atoms with E-state index in [1.807, 2.05) is 35.2 Å². The van der Waals surface area contributed by atoms with E-state index in [1.54, 1.807) is 0 Å². The van der Waals surface area contributed by atoms with Crippen LogP contribution >= 0.6 is 0 Å². The second-order valence-corrected chi connectivity index (χ2v) is 6.15. The molecule has 0 aromatic heterocycles. The van der Waals surface area contributed by atoms with E-state index in [9.17, 15) is 4.79 Å². The highest BCUT2D eigenvalue weighted by molar-refractivity contribution is 5.94. The van der Waals surface area contributed by atoms with E-state index in [4.69, 9.17) is 4.99 Å². The molecule has 3 heteroatoms. The van der Waals surface area contributed by atoms with Gasteiger partial charge in [-0.25, -0.2) is 0 Å². The smallest absolute Gasteiger partial charge is 0.253 e. The van der Waals surface area contributed by atoms with Crippen molar-refractivity contribution in [1.29, 1.82) is 0 Å². The van der Waals surface area contributed by atoms with Crippen LogP contribution in [0, 0.1) is 0 Å². The average molecular weight is 284 g/mol. The number of amides is 1. The fourth-order valence-electron chi connectivity index (χ4n) is 3.31. The highest BCUT2D eigenvalue weighted by Gasteiger charge is 2.23. The second kappa shape index (κ2) is 6.88. The summed E-state index contributed by atoms with van der Waals surface area (Å²) in [5.74, 6) is 0.166. The van der Waals surface area contributed by atoms with Crippen molar-refractivity contribution in [2.75, 3.05) is 13.1 Å². The molecule has 0 N–H and O–H groups in total. The number of hydrogen-bond donors (Lipinski definition) is 0. The zero-order chi connectivity index (χ0) is 14.5. The first-order valence-electron chi connectivity index (χ1n) is 8.23. The van der Waals surface area contributed by atoms with E-state index < -0.39 is 0 Å². The molecule has 1 saturated heterocycles. The number of benzene rings is 1. The lowest BCUT2D eigenvalue weighted by Crippen LogP contribution is -2.39. The van der Waals surface area contributed by atoms with Gasteiger partial charge in [-0.1, -0.05) is 24.6 Å². The van der Waals surface area contributed by atoms with Crippen LogP contribution in [0.5, 0.6) is 0 Å². The number of nitrogens with zero attached hydrogens (tertiary/aromatic N) is 2.